The first-order valence-corrected chi connectivity index (χ1v) is 7.80. The van der Waals surface area contributed by atoms with E-state index in [1.54, 1.807) is 18.0 Å². The third-order valence-corrected chi connectivity index (χ3v) is 4.41. The second-order valence-corrected chi connectivity index (χ2v) is 6.18. The summed E-state index contributed by atoms with van der Waals surface area (Å²) in [6, 6.07) is 7.47. The van der Waals surface area contributed by atoms with E-state index in [4.69, 9.17) is 0 Å². The Morgan fingerprint density at radius 2 is 2.22 bits per heavy atom. The number of β-amino-alcohol motifs (C(OH)–C–C–N with tert-alkyl or cyclic N) is 1. The molecule has 1 aliphatic rings. The minimum Gasteiger partial charge on any atom is -0.388 e. The Morgan fingerprint density at radius 3 is 3.00 bits per heavy atom. The van der Waals surface area contributed by atoms with E-state index in [-0.39, 0.29) is 24.8 Å². The molecule has 23 heavy (non-hydrogen) atoms. The van der Waals surface area contributed by atoms with Gasteiger partial charge in [0.15, 0.2) is 0 Å². The van der Waals surface area contributed by atoms with E-state index in [9.17, 15) is 14.7 Å². The summed E-state index contributed by atoms with van der Waals surface area (Å²) in [4.78, 5) is 29.0. The lowest BCUT2D eigenvalue weighted by molar-refractivity contribution is -0.127. The van der Waals surface area contributed by atoms with Crippen molar-refractivity contribution in [1.82, 2.24) is 15.2 Å². The van der Waals surface area contributed by atoms with Crippen LogP contribution in [0.3, 0.4) is 0 Å². The average molecular weight is 315 g/mol. The Hall–Kier alpha value is -2.34. The number of hydrogen-bond acceptors (Lipinski definition) is 3. The third kappa shape index (κ3) is 3.22. The van der Waals surface area contributed by atoms with Crippen molar-refractivity contribution in [2.45, 2.75) is 24.9 Å². The van der Waals surface area contributed by atoms with Crippen LogP contribution in [0, 0.1) is 0 Å². The predicted octanol–water partition coefficient (Wildman–Crippen LogP) is 1.27. The highest BCUT2D eigenvalue weighted by Crippen LogP contribution is 2.26. The van der Waals surface area contributed by atoms with Crippen molar-refractivity contribution in [3.05, 3.63) is 36.0 Å². The quantitative estimate of drug-likeness (QED) is 0.797. The molecule has 3 N–H and O–H groups in total. The molecule has 2 amide bonds. The number of hydrogen-bond donors (Lipinski definition) is 3. The molecule has 0 spiro atoms. The molecule has 122 valence electrons. The Kier molecular flexibility index (Phi) is 4.09. The molecule has 0 saturated carbocycles. The Morgan fingerprint density at radius 1 is 1.39 bits per heavy atom. The van der Waals surface area contributed by atoms with E-state index in [0.29, 0.717) is 24.9 Å². The molecule has 0 aliphatic carbocycles. The number of piperidine rings is 1. The maximum absolute atomic E-state index is 12.7. The molecular formula is C17H21N3O3. The summed E-state index contributed by atoms with van der Waals surface area (Å²) < 4.78 is 0. The van der Waals surface area contributed by atoms with Crippen LogP contribution < -0.4 is 5.32 Å². The second kappa shape index (κ2) is 6.04. The monoisotopic (exact) mass is 315 g/mol. The average Bonchev–Trinajstić information content (AvgIpc) is 3.01. The van der Waals surface area contributed by atoms with Crippen molar-refractivity contribution in [1.29, 1.82) is 0 Å². The fourth-order valence-electron chi connectivity index (χ4n) is 3.18. The fraction of sp³-hybridized carbons (Fsp3) is 0.412. The summed E-state index contributed by atoms with van der Waals surface area (Å²) in [5.41, 5.74) is 0.350. The lowest BCUT2D eigenvalue weighted by atomic mass is 9.89. The van der Waals surface area contributed by atoms with Crippen LogP contribution >= 0.6 is 0 Å². The van der Waals surface area contributed by atoms with Crippen molar-refractivity contribution >= 4 is 22.7 Å². The van der Waals surface area contributed by atoms with Crippen LogP contribution in [0.25, 0.3) is 10.9 Å². The van der Waals surface area contributed by atoms with Gasteiger partial charge in [0.05, 0.1) is 18.6 Å². The Bertz CT molecular complexity index is 740. The van der Waals surface area contributed by atoms with Crippen molar-refractivity contribution in [2.75, 3.05) is 20.1 Å². The van der Waals surface area contributed by atoms with Crippen LogP contribution in [0.1, 0.15) is 29.6 Å². The number of rotatable bonds is 3. The number of aromatic amines is 1. The molecule has 0 radical (unpaired) electrons. The first-order valence-electron chi connectivity index (χ1n) is 7.80. The minimum atomic E-state index is -1.15. The second-order valence-electron chi connectivity index (χ2n) is 6.18. The van der Waals surface area contributed by atoms with Crippen molar-refractivity contribution in [3.63, 3.8) is 0 Å². The highest BCUT2D eigenvalue weighted by atomic mass is 16.3. The van der Waals surface area contributed by atoms with Gasteiger partial charge < -0.3 is 20.3 Å². The van der Waals surface area contributed by atoms with Crippen LogP contribution in [0.15, 0.2) is 30.5 Å². The summed E-state index contributed by atoms with van der Waals surface area (Å²) in [6.45, 7) is 0.777. The molecule has 6 nitrogen and oxygen atoms in total. The van der Waals surface area contributed by atoms with E-state index in [1.165, 1.54) is 0 Å². The van der Waals surface area contributed by atoms with Crippen LogP contribution in [0.5, 0.6) is 0 Å². The van der Waals surface area contributed by atoms with Gasteiger partial charge in [-0.2, -0.15) is 0 Å². The molecule has 1 aliphatic heterocycles. The number of aliphatic hydroxyl groups is 1. The van der Waals surface area contributed by atoms with Crippen LogP contribution in [0.4, 0.5) is 0 Å². The van der Waals surface area contributed by atoms with E-state index in [0.717, 1.165) is 10.9 Å². The highest BCUT2D eigenvalue weighted by molar-refractivity contribution is 5.98. The van der Waals surface area contributed by atoms with Gasteiger partial charge in [-0.3, -0.25) is 9.59 Å². The SMILES string of the molecule is CNC(=O)CC1(O)CCCN(C(=O)c2ccc3cc[nH]c3c2)C1. The maximum atomic E-state index is 12.7. The number of likely N-dealkylation sites (tertiary alicyclic amines) is 1. The van der Waals surface area contributed by atoms with Gasteiger partial charge in [-0.15, -0.1) is 0 Å². The third-order valence-electron chi connectivity index (χ3n) is 4.41. The molecule has 6 heteroatoms. The molecule has 1 unspecified atom stereocenters. The molecule has 2 heterocycles. The number of nitrogens with one attached hydrogen (secondary N) is 2. The van der Waals surface area contributed by atoms with Gasteiger partial charge >= 0.3 is 0 Å². The first-order chi connectivity index (χ1) is 11.0. The van der Waals surface area contributed by atoms with Gasteiger partial charge in [0.25, 0.3) is 5.91 Å². The highest BCUT2D eigenvalue weighted by Gasteiger charge is 2.37. The largest absolute Gasteiger partial charge is 0.388 e. The lowest BCUT2D eigenvalue weighted by Crippen LogP contribution is -2.52. The minimum absolute atomic E-state index is 0.0168. The molecule has 1 saturated heterocycles. The number of fused-ring (bicyclic) bond motifs is 1. The standard InChI is InChI=1S/C17H21N3O3/c1-18-15(21)10-17(23)6-2-8-20(11-17)16(22)13-4-3-12-5-7-19-14(12)9-13/h3-5,7,9,19,23H,2,6,8,10-11H2,1H3,(H,18,21). The smallest absolute Gasteiger partial charge is 0.254 e. The van der Waals surface area contributed by atoms with Crippen LogP contribution in [0.2, 0.25) is 0 Å². The van der Waals surface area contributed by atoms with Gasteiger partial charge in [-0.25, -0.2) is 0 Å². The zero-order valence-electron chi connectivity index (χ0n) is 13.1. The number of amides is 2. The topological polar surface area (TPSA) is 85.4 Å². The zero-order chi connectivity index (χ0) is 16.4. The molecule has 2 aromatic rings. The summed E-state index contributed by atoms with van der Waals surface area (Å²) in [7, 11) is 1.54. The van der Waals surface area contributed by atoms with Gasteiger partial charge in [0.2, 0.25) is 5.91 Å². The molecule has 1 aromatic carbocycles. The number of benzene rings is 1. The molecule has 1 atom stereocenters. The molecular weight excluding hydrogens is 294 g/mol. The van der Waals surface area contributed by atoms with Crippen LogP contribution in [-0.2, 0) is 4.79 Å². The summed E-state index contributed by atoms with van der Waals surface area (Å²) in [6.07, 6.45) is 3.06. The maximum Gasteiger partial charge on any atom is 0.254 e. The van der Waals surface area contributed by atoms with Crippen LogP contribution in [-0.4, -0.2) is 52.5 Å². The normalized spacial score (nSPS) is 21.4. The molecule has 1 aromatic heterocycles. The molecule has 1 fully saturated rings. The lowest BCUT2D eigenvalue weighted by Gasteiger charge is -2.38. The summed E-state index contributed by atoms with van der Waals surface area (Å²) >= 11 is 0. The molecule has 0 bridgehead atoms. The van der Waals surface area contributed by atoms with Crippen molar-refractivity contribution in [2.24, 2.45) is 0 Å². The fourth-order valence-corrected chi connectivity index (χ4v) is 3.18. The van der Waals surface area contributed by atoms with Gasteiger partial charge in [0.1, 0.15) is 0 Å². The predicted molar refractivity (Wildman–Crippen MR) is 87.1 cm³/mol. The van der Waals surface area contributed by atoms with Gasteiger partial charge in [-0.05, 0) is 36.4 Å². The van der Waals surface area contributed by atoms with E-state index < -0.39 is 5.60 Å². The number of H-pyrrole nitrogens is 1. The zero-order valence-corrected chi connectivity index (χ0v) is 13.1. The van der Waals surface area contributed by atoms with E-state index >= 15 is 0 Å². The number of aromatic nitrogens is 1. The molecule has 3 rings (SSSR count). The van der Waals surface area contributed by atoms with Gasteiger partial charge in [0, 0.05) is 30.9 Å². The Balaban J connectivity index is 1.77. The van der Waals surface area contributed by atoms with Crippen molar-refractivity contribution in [3.8, 4) is 0 Å². The number of carbonyl (C=O) groups excluding carboxylic acids is 2. The Labute approximate surface area is 134 Å². The van der Waals surface area contributed by atoms with Crippen molar-refractivity contribution < 1.29 is 14.7 Å². The number of carbonyl (C=O) groups is 2. The first kappa shape index (κ1) is 15.6. The van der Waals surface area contributed by atoms with E-state index in [1.807, 2.05) is 24.4 Å². The summed E-state index contributed by atoms with van der Waals surface area (Å²) in [5.74, 6) is -0.328. The summed E-state index contributed by atoms with van der Waals surface area (Å²) in [5, 5.41) is 14.2. The van der Waals surface area contributed by atoms with Gasteiger partial charge in [-0.1, -0.05) is 6.07 Å². The number of nitrogens with zero attached hydrogens (tertiary/aromatic N) is 1. The van der Waals surface area contributed by atoms with E-state index in [2.05, 4.69) is 10.3 Å².